The molecule has 2 N–H and O–H groups in total. The standard InChI is InChI=1S/C13H19NOS/c1-4-5-10(3)15-11-6-7-12(13(14)16)9(2)8-11/h6-8,10H,4-5H2,1-3H3,(H2,14,16). The topological polar surface area (TPSA) is 35.2 Å². The van der Waals surface area contributed by atoms with Gasteiger partial charge in [0.2, 0.25) is 0 Å². The van der Waals surface area contributed by atoms with Crippen LogP contribution < -0.4 is 10.5 Å². The third-order valence-electron chi connectivity index (χ3n) is 2.50. The average Bonchev–Trinajstić information content (AvgIpc) is 2.17. The summed E-state index contributed by atoms with van der Waals surface area (Å²) in [6.07, 6.45) is 2.45. The maximum atomic E-state index is 5.79. The Morgan fingerprint density at radius 3 is 2.69 bits per heavy atom. The molecule has 1 rings (SSSR count). The highest BCUT2D eigenvalue weighted by atomic mass is 32.1. The summed E-state index contributed by atoms with van der Waals surface area (Å²) in [7, 11) is 0. The highest BCUT2D eigenvalue weighted by molar-refractivity contribution is 7.80. The lowest BCUT2D eigenvalue weighted by Crippen LogP contribution is -2.13. The minimum Gasteiger partial charge on any atom is -0.491 e. The summed E-state index contributed by atoms with van der Waals surface area (Å²) in [6.45, 7) is 6.23. The van der Waals surface area contributed by atoms with Gasteiger partial charge in [0.25, 0.3) is 0 Å². The van der Waals surface area contributed by atoms with Gasteiger partial charge in [-0.05, 0) is 44.0 Å². The van der Waals surface area contributed by atoms with Crippen LogP contribution in [0.25, 0.3) is 0 Å². The quantitative estimate of drug-likeness (QED) is 0.799. The molecule has 1 atom stereocenters. The Kier molecular flexibility index (Phi) is 4.74. The zero-order valence-electron chi connectivity index (χ0n) is 10.1. The molecule has 1 aromatic carbocycles. The second-order valence-electron chi connectivity index (χ2n) is 4.06. The van der Waals surface area contributed by atoms with E-state index in [4.69, 9.17) is 22.7 Å². The number of thiocarbonyl (C=S) groups is 1. The molecule has 16 heavy (non-hydrogen) atoms. The number of rotatable bonds is 5. The van der Waals surface area contributed by atoms with Crippen LogP contribution in [0.1, 0.15) is 37.8 Å². The fraction of sp³-hybridized carbons (Fsp3) is 0.462. The SMILES string of the molecule is CCCC(C)Oc1ccc(C(N)=S)c(C)c1. The second kappa shape index (κ2) is 5.85. The van der Waals surface area contributed by atoms with Gasteiger partial charge in [-0.15, -0.1) is 0 Å². The normalized spacial score (nSPS) is 12.2. The Morgan fingerprint density at radius 2 is 2.19 bits per heavy atom. The van der Waals surface area contributed by atoms with Gasteiger partial charge in [0.05, 0.1) is 6.10 Å². The molecule has 1 unspecified atom stereocenters. The molecule has 0 aliphatic heterocycles. The smallest absolute Gasteiger partial charge is 0.120 e. The predicted octanol–water partition coefficient (Wildman–Crippen LogP) is 3.20. The van der Waals surface area contributed by atoms with Crippen LogP contribution in [0, 0.1) is 6.92 Å². The molecule has 1 aromatic rings. The van der Waals surface area contributed by atoms with Crippen LogP contribution >= 0.6 is 12.2 Å². The monoisotopic (exact) mass is 237 g/mol. The lowest BCUT2D eigenvalue weighted by Gasteiger charge is -2.15. The molecule has 0 radical (unpaired) electrons. The minimum atomic E-state index is 0.250. The van der Waals surface area contributed by atoms with Crippen molar-refractivity contribution in [1.29, 1.82) is 0 Å². The summed E-state index contributed by atoms with van der Waals surface area (Å²) in [6, 6.07) is 5.83. The van der Waals surface area contributed by atoms with Crippen LogP contribution in [0.4, 0.5) is 0 Å². The number of ether oxygens (including phenoxy) is 1. The number of nitrogens with two attached hydrogens (primary N) is 1. The van der Waals surface area contributed by atoms with Gasteiger partial charge in [0.15, 0.2) is 0 Å². The summed E-state index contributed by atoms with van der Waals surface area (Å²) in [5, 5.41) is 0. The Hall–Kier alpha value is -1.09. The van der Waals surface area contributed by atoms with Crippen molar-refractivity contribution in [3.63, 3.8) is 0 Å². The maximum Gasteiger partial charge on any atom is 0.120 e. The Morgan fingerprint density at radius 1 is 1.50 bits per heavy atom. The molecular formula is C13H19NOS. The first kappa shape index (κ1) is 13.0. The molecule has 0 aliphatic rings. The highest BCUT2D eigenvalue weighted by Gasteiger charge is 2.06. The van der Waals surface area contributed by atoms with Crippen molar-refractivity contribution in [2.45, 2.75) is 39.7 Å². The summed E-state index contributed by atoms with van der Waals surface area (Å²) in [4.78, 5) is 0.436. The Balaban J connectivity index is 2.77. The molecule has 88 valence electrons. The summed E-state index contributed by atoms with van der Waals surface area (Å²) in [5.41, 5.74) is 7.59. The van der Waals surface area contributed by atoms with E-state index in [0.29, 0.717) is 4.99 Å². The van der Waals surface area contributed by atoms with Crippen molar-refractivity contribution in [1.82, 2.24) is 0 Å². The van der Waals surface area contributed by atoms with Gasteiger partial charge in [-0.1, -0.05) is 25.6 Å². The predicted molar refractivity (Wildman–Crippen MR) is 72.1 cm³/mol. The lowest BCUT2D eigenvalue weighted by atomic mass is 10.1. The van der Waals surface area contributed by atoms with Crippen LogP contribution in [0.2, 0.25) is 0 Å². The van der Waals surface area contributed by atoms with E-state index in [1.165, 1.54) is 0 Å². The molecule has 2 nitrogen and oxygen atoms in total. The zero-order chi connectivity index (χ0) is 12.1. The van der Waals surface area contributed by atoms with E-state index in [2.05, 4.69) is 13.8 Å². The lowest BCUT2D eigenvalue weighted by molar-refractivity contribution is 0.210. The number of hydrogen-bond acceptors (Lipinski definition) is 2. The molecule has 0 fully saturated rings. The van der Waals surface area contributed by atoms with Gasteiger partial charge < -0.3 is 10.5 Å². The third kappa shape index (κ3) is 3.49. The first-order valence-electron chi connectivity index (χ1n) is 5.61. The minimum absolute atomic E-state index is 0.250. The number of hydrogen-bond donors (Lipinski definition) is 1. The molecule has 0 amide bonds. The molecule has 0 bridgehead atoms. The van der Waals surface area contributed by atoms with Crippen LogP contribution in [-0.2, 0) is 0 Å². The summed E-state index contributed by atoms with van der Waals surface area (Å²) >= 11 is 4.96. The van der Waals surface area contributed by atoms with Crippen LogP contribution in [0.3, 0.4) is 0 Å². The Bertz CT molecular complexity index is 376. The van der Waals surface area contributed by atoms with E-state index in [-0.39, 0.29) is 6.10 Å². The van der Waals surface area contributed by atoms with Gasteiger partial charge in [-0.2, -0.15) is 0 Å². The first-order chi connectivity index (χ1) is 7.54. The third-order valence-corrected chi connectivity index (χ3v) is 2.72. The van der Waals surface area contributed by atoms with Gasteiger partial charge in [-0.25, -0.2) is 0 Å². The van der Waals surface area contributed by atoms with Gasteiger partial charge in [-0.3, -0.25) is 0 Å². The molecule has 0 aromatic heterocycles. The average molecular weight is 237 g/mol. The zero-order valence-corrected chi connectivity index (χ0v) is 10.9. The van der Waals surface area contributed by atoms with E-state index in [9.17, 15) is 0 Å². The first-order valence-corrected chi connectivity index (χ1v) is 6.02. The maximum absolute atomic E-state index is 5.79. The second-order valence-corrected chi connectivity index (χ2v) is 4.50. The molecular weight excluding hydrogens is 218 g/mol. The van der Waals surface area contributed by atoms with Gasteiger partial charge in [0.1, 0.15) is 10.7 Å². The van der Waals surface area contributed by atoms with Crippen molar-refractivity contribution < 1.29 is 4.74 Å². The van der Waals surface area contributed by atoms with Crippen LogP contribution in [0.5, 0.6) is 5.75 Å². The summed E-state index contributed by atoms with van der Waals surface area (Å²) in [5.74, 6) is 0.887. The van der Waals surface area contributed by atoms with Gasteiger partial charge in [0, 0.05) is 5.56 Å². The van der Waals surface area contributed by atoms with Crippen molar-refractivity contribution >= 4 is 17.2 Å². The molecule has 0 aliphatic carbocycles. The summed E-state index contributed by atoms with van der Waals surface area (Å²) < 4.78 is 5.79. The van der Waals surface area contributed by atoms with Crippen molar-refractivity contribution in [3.8, 4) is 5.75 Å². The van der Waals surface area contributed by atoms with E-state index in [0.717, 1.165) is 29.7 Å². The highest BCUT2D eigenvalue weighted by Crippen LogP contribution is 2.19. The fourth-order valence-corrected chi connectivity index (χ4v) is 1.91. The Labute approximate surface area is 103 Å². The van der Waals surface area contributed by atoms with Crippen molar-refractivity contribution in [2.75, 3.05) is 0 Å². The molecule has 0 heterocycles. The van der Waals surface area contributed by atoms with Gasteiger partial charge >= 0.3 is 0 Å². The number of benzene rings is 1. The fourth-order valence-electron chi connectivity index (χ4n) is 1.68. The van der Waals surface area contributed by atoms with Crippen LogP contribution in [0.15, 0.2) is 18.2 Å². The molecule has 0 spiro atoms. The van der Waals surface area contributed by atoms with Crippen molar-refractivity contribution in [2.24, 2.45) is 5.73 Å². The molecule has 0 saturated carbocycles. The van der Waals surface area contributed by atoms with E-state index in [1.54, 1.807) is 0 Å². The molecule has 3 heteroatoms. The molecule has 0 saturated heterocycles. The van der Waals surface area contributed by atoms with Crippen LogP contribution in [-0.4, -0.2) is 11.1 Å². The van der Waals surface area contributed by atoms with E-state index < -0.39 is 0 Å². The van der Waals surface area contributed by atoms with Crippen molar-refractivity contribution in [3.05, 3.63) is 29.3 Å². The number of aryl methyl sites for hydroxylation is 1. The van der Waals surface area contributed by atoms with E-state index in [1.807, 2.05) is 25.1 Å². The largest absolute Gasteiger partial charge is 0.491 e. The van der Waals surface area contributed by atoms with E-state index >= 15 is 0 Å².